The largest absolute Gasteiger partial charge is 0.304 e. The summed E-state index contributed by atoms with van der Waals surface area (Å²) in [6, 6.07) is 18.4. The first-order chi connectivity index (χ1) is 10.4. The van der Waals surface area contributed by atoms with Gasteiger partial charge in [-0.2, -0.15) is 0 Å². The molecule has 2 aromatic carbocycles. The minimum Gasteiger partial charge on any atom is -0.304 e. The van der Waals surface area contributed by atoms with Crippen molar-refractivity contribution in [2.45, 2.75) is 31.1 Å². The fourth-order valence-corrected chi connectivity index (χ4v) is 4.14. The molecule has 2 heteroatoms. The summed E-state index contributed by atoms with van der Waals surface area (Å²) in [4.78, 5) is 4.71. The van der Waals surface area contributed by atoms with E-state index in [4.69, 9.17) is 4.98 Å². The average Bonchev–Trinajstić information content (AvgIpc) is 3.16. The van der Waals surface area contributed by atoms with E-state index in [2.05, 4.69) is 54.7 Å². The van der Waals surface area contributed by atoms with Gasteiger partial charge in [-0.05, 0) is 47.9 Å². The van der Waals surface area contributed by atoms with Crippen molar-refractivity contribution in [3.63, 3.8) is 0 Å². The minimum atomic E-state index is 0. The number of aromatic nitrogens is 1. The van der Waals surface area contributed by atoms with E-state index in [0.29, 0.717) is 0 Å². The SMILES string of the molecule is [Ir].[c-]1cc2ccccc2cc1-c1cc2c(cn1)C1CCC2C1. The Kier molecular flexibility index (Phi) is 3.40. The van der Waals surface area contributed by atoms with E-state index in [1.807, 2.05) is 0 Å². The van der Waals surface area contributed by atoms with Crippen molar-refractivity contribution in [2.75, 3.05) is 0 Å². The molecule has 1 saturated carbocycles. The summed E-state index contributed by atoms with van der Waals surface area (Å²) in [6.45, 7) is 0. The molecule has 5 rings (SSSR count). The van der Waals surface area contributed by atoms with Gasteiger partial charge in [0.05, 0.1) is 0 Å². The van der Waals surface area contributed by atoms with Crippen molar-refractivity contribution in [3.8, 4) is 11.3 Å². The van der Waals surface area contributed by atoms with Gasteiger partial charge >= 0.3 is 0 Å². The molecule has 1 nitrogen and oxygen atoms in total. The van der Waals surface area contributed by atoms with Gasteiger partial charge in [0.1, 0.15) is 0 Å². The molecule has 1 radical (unpaired) electrons. The van der Waals surface area contributed by atoms with Crippen molar-refractivity contribution in [1.82, 2.24) is 4.98 Å². The number of nitrogens with zero attached hydrogens (tertiary/aromatic N) is 1. The van der Waals surface area contributed by atoms with Gasteiger partial charge in [-0.15, -0.1) is 29.1 Å². The Hall–Kier alpha value is -1.50. The van der Waals surface area contributed by atoms with Gasteiger partial charge in [-0.25, -0.2) is 0 Å². The maximum atomic E-state index is 4.71. The van der Waals surface area contributed by atoms with E-state index in [9.17, 15) is 0 Å². The van der Waals surface area contributed by atoms with Crippen LogP contribution in [0.15, 0.2) is 48.7 Å². The predicted octanol–water partition coefficient (Wildman–Crippen LogP) is 5.06. The number of pyridine rings is 1. The van der Waals surface area contributed by atoms with Gasteiger partial charge in [-0.3, -0.25) is 0 Å². The van der Waals surface area contributed by atoms with Crippen LogP contribution < -0.4 is 0 Å². The van der Waals surface area contributed by atoms with Crippen molar-refractivity contribution in [2.24, 2.45) is 0 Å². The van der Waals surface area contributed by atoms with Crippen LogP contribution in [-0.4, -0.2) is 4.98 Å². The summed E-state index contributed by atoms with van der Waals surface area (Å²) in [5, 5.41) is 2.50. The molecular weight excluding hydrogens is 446 g/mol. The number of fused-ring (bicyclic) bond motifs is 6. The Balaban J connectivity index is 0.00000125. The Bertz CT molecular complexity index is 855. The molecule has 2 aliphatic rings. The van der Waals surface area contributed by atoms with Crippen LogP contribution in [0.2, 0.25) is 0 Å². The summed E-state index contributed by atoms with van der Waals surface area (Å²) in [7, 11) is 0. The Morgan fingerprint density at radius 2 is 1.73 bits per heavy atom. The van der Waals surface area contributed by atoms with E-state index < -0.39 is 0 Å². The molecule has 111 valence electrons. The third-order valence-electron chi connectivity index (χ3n) is 5.24. The summed E-state index contributed by atoms with van der Waals surface area (Å²) in [6.07, 6.45) is 6.20. The van der Waals surface area contributed by atoms with Crippen LogP contribution in [0.25, 0.3) is 22.0 Å². The zero-order valence-corrected chi connectivity index (χ0v) is 14.6. The Labute approximate surface area is 144 Å². The fraction of sp³-hybridized carbons (Fsp3) is 0.250. The van der Waals surface area contributed by atoms with E-state index in [1.165, 1.54) is 35.6 Å². The average molecular weight is 463 g/mol. The van der Waals surface area contributed by atoms with Gasteiger partial charge in [0.2, 0.25) is 0 Å². The van der Waals surface area contributed by atoms with Gasteiger partial charge < -0.3 is 4.98 Å². The molecule has 22 heavy (non-hydrogen) atoms. The zero-order valence-electron chi connectivity index (χ0n) is 12.2. The Morgan fingerprint density at radius 1 is 0.955 bits per heavy atom. The van der Waals surface area contributed by atoms with Crippen LogP contribution in [0.5, 0.6) is 0 Å². The van der Waals surface area contributed by atoms with Crippen molar-refractivity contribution in [3.05, 3.63) is 65.9 Å². The van der Waals surface area contributed by atoms with Crippen molar-refractivity contribution >= 4 is 10.8 Å². The molecule has 1 fully saturated rings. The first kappa shape index (κ1) is 14.1. The number of hydrogen-bond acceptors (Lipinski definition) is 1. The van der Waals surface area contributed by atoms with E-state index >= 15 is 0 Å². The molecular formula is C20H16IrN-. The Morgan fingerprint density at radius 3 is 2.59 bits per heavy atom. The van der Waals surface area contributed by atoms with Crippen LogP contribution in [0.1, 0.15) is 42.2 Å². The topological polar surface area (TPSA) is 12.9 Å². The summed E-state index contributed by atoms with van der Waals surface area (Å²) < 4.78 is 0. The summed E-state index contributed by atoms with van der Waals surface area (Å²) >= 11 is 0. The number of rotatable bonds is 1. The maximum Gasteiger partial charge on any atom is 0.0198 e. The van der Waals surface area contributed by atoms with E-state index in [1.54, 1.807) is 5.56 Å². The predicted molar refractivity (Wildman–Crippen MR) is 85.3 cm³/mol. The second-order valence-electron chi connectivity index (χ2n) is 6.38. The van der Waals surface area contributed by atoms with Gasteiger partial charge in [-0.1, -0.05) is 35.7 Å². The number of benzene rings is 2. The number of hydrogen-bond donors (Lipinski definition) is 0. The molecule has 2 atom stereocenters. The molecule has 0 N–H and O–H groups in total. The van der Waals surface area contributed by atoms with Crippen LogP contribution >= 0.6 is 0 Å². The first-order valence-corrected chi connectivity index (χ1v) is 7.79. The maximum absolute atomic E-state index is 4.71. The molecule has 2 aliphatic carbocycles. The van der Waals surface area contributed by atoms with Crippen molar-refractivity contribution < 1.29 is 20.1 Å². The minimum absolute atomic E-state index is 0. The molecule has 0 aliphatic heterocycles. The standard InChI is InChI=1S/C20H16N.Ir/c1-2-4-14-9-17(8-5-13(14)3-1)20-11-18-15-6-7-16(10-15)19(18)12-21-20;/h1-5,9,11-12,15-16H,6-7,10H2;/q-1;. The van der Waals surface area contributed by atoms with Crippen LogP contribution in [0.3, 0.4) is 0 Å². The fourth-order valence-electron chi connectivity index (χ4n) is 4.14. The quantitative estimate of drug-likeness (QED) is 0.461. The molecule has 0 amide bonds. The van der Waals surface area contributed by atoms with Crippen LogP contribution in [-0.2, 0) is 20.1 Å². The second kappa shape index (κ2) is 5.30. The molecule has 2 bridgehead atoms. The van der Waals surface area contributed by atoms with E-state index in [-0.39, 0.29) is 20.1 Å². The third kappa shape index (κ3) is 2.06. The van der Waals surface area contributed by atoms with Crippen LogP contribution in [0.4, 0.5) is 0 Å². The molecule has 0 spiro atoms. The van der Waals surface area contributed by atoms with Crippen molar-refractivity contribution in [1.29, 1.82) is 0 Å². The molecule has 0 saturated heterocycles. The van der Waals surface area contributed by atoms with Crippen LogP contribution in [0, 0.1) is 6.07 Å². The van der Waals surface area contributed by atoms with E-state index in [0.717, 1.165) is 23.1 Å². The molecule has 1 heterocycles. The summed E-state index contributed by atoms with van der Waals surface area (Å²) in [5.74, 6) is 1.57. The first-order valence-electron chi connectivity index (χ1n) is 7.79. The van der Waals surface area contributed by atoms with Gasteiger partial charge in [0.15, 0.2) is 0 Å². The summed E-state index contributed by atoms with van der Waals surface area (Å²) in [5.41, 5.74) is 5.25. The van der Waals surface area contributed by atoms with Gasteiger partial charge in [0, 0.05) is 26.3 Å². The second-order valence-corrected chi connectivity index (χ2v) is 6.38. The zero-order chi connectivity index (χ0) is 13.8. The molecule has 2 unspecified atom stereocenters. The molecule has 1 aromatic heterocycles. The van der Waals surface area contributed by atoms with Gasteiger partial charge in [0.25, 0.3) is 0 Å². The monoisotopic (exact) mass is 463 g/mol. The molecule has 3 aromatic rings. The smallest absolute Gasteiger partial charge is 0.0198 e. The normalized spacial score (nSPS) is 21.6. The third-order valence-corrected chi connectivity index (χ3v) is 5.24.